The maximum absolute atomic E-state index is 13.2. The smallest absolute Gasteiger partial charge is 0.282 e. The highest BCUT2D eigenvalue weighted by Crippen LogP contribution is 2.47. The number of nitrogens with zero attached hydrogens (tertiary/aromatic N) is 2. The summed E-state index contributed by atoms with van der Waals surface area (Å²) in [5.41, 5.74) is 0.582. The first kappa shape index (κ1) is 19.7. The number of aliphatic hydroxyl groups is 1. The van der Waals surface area contributed by atoms with Gasteiger partial charge in [-0.1, -0.05) is 35.0 Å². The molecular weight excluding hydrogens is 372 g/mol. The van der Waals surface area contributed by atoms with Gasteiger partial charge in [-0.15, -0.1) is 0 Å². The van der Waals surface area contributed by atoms with Crippen LogP contribution in [0.1, 0.15) is 38.2 Å². The lowest BCUT2D eigenvalue weighted by Crippen LogP contribution is -2.51. The number of benzene rings is 1. The Labute approximate surface area is 163 Å². The third-order valence-electron chi connectivity index (χ3n) is 4.95. The van der Waals surface area contributed by atoms with Crippen LogP contribution in [-0.4, -0.2) is 47.8 Å². The molecule has 1 heterocycles. The summed E-state index contributed by atoms with van der Waals surface area (Å²) in [6, 6.07) is 6.95. The van der Waals surface area contributed by atoms with E-state index < -0.39 is 11.4 Å². The molecule has 3 rings (SSSR count). The Kier molecular flexibility index (Phi) is 6.04. The van der Waals surface area contributed by atoms with Crippen LogP contribution in [0.25, 0.3) is 5.57 Å². The zero-order valence-corrected chi connectivity index (χ0v) is 16.2. The zero-order chi connectivity index (χ0) is 19.4. The van der Waals surface area contributed by atoms with Gasteiger partial charge in [-0.25, -0.2) is 9.90 Å². The van der Waals surface area contributed by atoms with Gasteiger partial charge in [-0.05, 0) is 38.7 Å². The lowest BCUT2D eigenvalue weighted by molar-refractivity contribution is -0.250. The number of carbonyl (C=O) groups excluding carboxylic acids is 1. The van der Waals surface area contributed by atoms with Crippen molar-refractivity contribution in [2.45, 2.75) is 38.1 Å². The van der Waals surface area contributed by atoms with Crippen LogP contribution in [0.3, 0.4) is 0 Å². The summed E-state index contributed by atoms with van der Waals surface area (Å²) >= 11 is 6.28. The van der Waals surface area contributed by atoms with E-state index in [-0.39, 0.29) is 18.1 Å². The van der Waals surface area contributed by atoms with Gasteiger partial charge in [-0.2, -0.15) is 0 Å². The van der Waals surface area contributed by atoms with Gasteiger partial charge in [0.1, 0.15) is 18.4 Å². The second kappa shape index (κ2) is 8.29. The third kappa shape index (κ3) is 3.54. The first-order chi connectivity index (χ1) is 13.0. The minimum atomic E-state index is -0.963. The first-order valence-electron chi connectivity index (χ1n) is 8.88. The zero-order valence-electron chi connectivity index (χ0n) is 15.4. The largest absolute Gasteiger partial charge is 0.509 e. The molecule has 7 nitrogen and oxygen atoms in total. The lowest BCUT2D eigenvalue weighted by Gasteiger charge is -2.40. The molecule has 1 aromatic rings. The van der Waals surface area contributed by atoms with Crippen LogP contribution in [-0.2, 0) is 19.2 Å². The van der Waals surface area contributed by atoms with Crippen LogP contribution in [0, 0.1) is 0 Å². The third-order valence-corrected chi connectivity index (χ3v) is 5.28. The fraction of sp³-hybridized carbons (Fsp3) is 0.474. The molecule has 1 aliphatic heterocycles. The predicted octanol–water partition coefficient (Wildman–Crippen LogP) is 3.69. The fourth-order valence-electron chi connectivity index (χ4n) is 3.60. The summed E-state index contributed by atoms with van der Waals surface area (Å²) in [5, 5.41) is 16.8. The quantitative estimate of drug-likeness (QED) is 0.452. The Balaban J connectivity index is 2.00. The molecule has 1 amide bonds. The monoisotopic (exact) mass is 394 g/mol. The Hall–Kier alpha value is -2.09. The van der Waals surface area contributed by atoms with Crippen molar-refractivity contribution in [1.29, 1.82) is 0 Å². The van der Waals surface area contributed by atoms with Gasteiger partial charge < -0.3 is 14.7 Å². The highest BCUT2D eigenvalue weighted by Gasteiger charge is 2.55. The molecule has 1 aromatic carbocycles. The van der Waals surface area contributed by atoms with Crippen molar-refractivity contribution in [3.63, 3.8) is 0 Å². The van der Waals surface area contributed by atoms with Crippen molar-refractivity contribution < 1.29 is 24.3 Å². The summed E-state index contributed by atoms with van der Waals surface area (Å²) in [6.07, 6.45) is 2.09. The number of rotatable bonds is 6. The molecule has 1 fully saturated rings. The molecule has 146 valence electrons. The molecule has 0 radical (unpaired) electrons. The summed E-state index contributed by atoms with van der Waals surface area (Å²) < 4.78 is 5.25. The molecule has 0 saturated heterocycles. The van der Waals surface area contributed by atoms with Crippen LogP contribution < -0.4 is 0 Å². The molecule has 1 saturated carbocycles. The average molecular weight is 395 g/mol. The number of hydroxylamine groups is 2. The summed E-state index contributed by atoms with van der Waals surface area (Å²) in [4.78, 5) is 23.7. The van der Waals surface area contributed by atoms with Crippen molar-refractivity contribution in [3.05, 3.63) is 40.6 Å². The van der Waals surface area contributed by atoms with Crippen molar-refractivity contribution in [2.75, 3.05) is 20.5 Å². The fourth-order valence-corrected chi connectivity index (χ4v) is 3.83. The summed E-state index contributed by atoms with van der Waals surface area (Å²) in [5.74, 6) is -0.444. The first-order valence-corrected chi connectivity index (χ1v) is 9.25. The highest BCUT2D eigenvalue weighted by atomic mass is 35.5. The Morgan fingerprint density at radius 1 is 1.30 bits per heavy atom. The number of carbonyl (C=O) groups is 1. The van der Waals surface area contributed by atoms with E-state index in [1.54, 1.807) is 24.3 Å². The molecule has 27 heavy (non-hydrogen) atoms. The van der Waals surface area contributed by atoms with Gasteiger partial charge in [0.05, 0.1) is 11.3 Å². The number of aliphatic hydroxyl groups excluding tert-OH is 1. The van der Waals surface area contributed by atoms with Crippen molar-refractivity contribution >= 4 is 28.8 Å². The van der Waals surface area contributed by atoms with Gasteiger partial charge in [0, 0.05) is 17.2 Å². The van der Waals surface area contributed by atoms with Crippen LogP contribution in [0.15, 0.2) is 35.2 Å². The lowest BCUT2D eigenvalue weighted by atomic mass is 9.79. The van der Waals surface area contributed by atoms with E-state index in [4.69, 9.17) is 26.0 Å². The minimum absolute atomic E-state index is 0.0198. The van der Waals surface area contributed by atoms with E-state index in [1.807, 2.05) is 6.92 Å². The Bertz CT molecular complexity index is 767. The van der Waals surface area contributed by atoms with Crippen molar-refractivity contribution in [1.82, 2.24) is 5.06 Å². The van der Waals surface area contributed by atoms with E-state index in [0.29, 0.717) is 42.9 Å². The van der Waals surface area contributed by atoms with E-state index in [1.165, 1.54) is 12.2 Å². The number of halogens is 1. The van der Waals surface area contributed by atoms with Crippen LogP contribution in [0.4, 0.5) is 0 Å². The van der Waals surface area contributed by atoms with Gasteiger partial charge in [0.15, 0.2) is 6.79 Å². The Morgan fingerprint density at radius 2 is 2.00 bits per heavy atom. The van der Waals surface area contributed by atoms with Gasteiger partial charge in [-0.3, -0.25) is 4.79 Å². The maximum atomic E-state index is 13.2. The molecule has 1 N–H and O–H groups in total. The molecule has 2 aliphatic rings. The SMILES string of the molecule is CCOCON1C(=O)C(c2ccccc2Cl)=C(O)C12CCC(=NOC)CC2. The molecule has 0 unspecified atom stereocenters. The maximum Gasteiger partial charge on any atom is 0.282 e. The molecule has 0 aromatic heterocycles. The van der Waals surface area contributed by atoms with E-state index in [9.17, 15) is 9.90 Å². The molecular formula is C19H23ClN2O5. The average Bonchev–Trinajstić information content (AvgIpc) is 2.86. The summed E-state index contributed by atoms with van der Waals surface area (Å²) in [6.45, 7) is 2.21. The predicted molar refractivity (Wildman–Crippen MR) is 101 cm³/mol. The minimum Gasteiger partial charge on any atom is -0.509 e. The number of hydrogen-bond acceptors (Lipinski definition) is 6. The Morgan fingerprint density at radius 3 is 2.63 bits per heavy atom. The molecule has 1 spiro atoms. The molecule has 0 bridgehead atoms. The van der Waals surface area contributed by atoms with Gasteiger partial charge in [0.25, 0.3) is 5.91 Å². The number of ether oxygens (including phenoxy) is 1. The van der Waals surface area contributed by atoms with Crippen molar-refractivity contribution in [3.8, 4) is 0 Å². The standard InChI is InChI=1S/C19H23ClN2O5/c1-3-26-12-27-22-18(24)16(14-6-4-5-7-15(14)20)17(23)19(22)10-8-13(9-11-19)21-25-2/h4-7,23H,3,8-12H2,1-2H3. The normalized spacial score (nSPS) is 22.7. The molecule has 8 heteroatoms. The van der Waals surface area contributed by atoms with Gasteiger partial charge >= 0.3 is 0 Å². The van der Waals surface area contributed by atoms with E-state index >= 15 is 0 Å². The second-order valence-electron chi connectivity index (χ2n) is 6.41. The summed E-state index contributed by atoms with van der Waals surface area (Å²) in [7, 11) is 1.50. The number of hydrogen-bond donors (Lipinski definition) is 1. The number of oxime groups is 1. The van der Waals surface area contributed by atoms with E-state index in [2.05, 4.69) is 5.16 Å². The molecule has 0 atom stereocenters. The second-order valence-corrected chi connectivity index (χ2v) is 6.82. The van der Waals surface area contributed by atoms with Crippen LogP contribution >= 0.6 is 11.6 Å². The van der Waals surface area contributed by atoms with E-state index in [0.717, 1.165) is 5.71 Å². The molecule has 1 aliphatic carbocycles. The van der Waals surface area contributed by atoms with Crippen LogP contribution in [0.2, 0.25) is 5.02 Å². The van der Waals surface area contributed by atoms with Crippen LogP contribution in [0.5, 0.6) is 0 Å². The topological polar surface area (TPSA) is 80.6 Å². The van der Waals surface area contributed by atoms with Gasteiger partial charge in [0.2, 0.25) is 0 Å². The number of amides is 1. The highest BCUT2D eigenvalue weighted by molar-refractivity contribution is 6.35. The van der Waals surface area contributed by atoms with Crippen molar-refractivity contribution in [2.24, 2.45) is 5.16 Å².